The van der Waals surface area contributed by atoms with Crippen molar-refractivity contribution in [3.05, 3.63) is 46.2 Å². The van der Waals surface area contributed by atoms with Crippen LogP contribution in [0.3, 0.4) is 0 Å². The van der Waals surface area contributed by atoms with Crippen LogP contribution >= 0.6 is 11.8 Å². The van der Waals surface area contributed by atoms with Crippen molar-refractivity contribution in [2.24, 2.45) is 5.73 Å². The van der Waals surface area contributed by atoms with Crippen LogP contribution in [0.25, 0.3) is 0 Å². The van der Waals surface area contributed by atoms with Crippen LogP contribution in [0.2, 0.25) is 0 Å². The first-order valence-electron chi connectivity index (χ1n) is 5.11. The standard InChI is InChI=1S/C12H12FNO2S/c1-16-12(15)9-6-10(17-11(9)14)7-2-4-8(13)5-3-7/h2-5,10H,6,14H2,1H3. The zero-order valence-electron chi connectivity index (χ0n) is 9.27. The highest BCUT2D eigenvalue weighted by atomic mass is 32.2. The molecule has 2 rings (SSSR count). The zero-order chi connectivity index (χ0) is 12.4. The van der Waals surface area contributed by atoms with Gasteiger partial charge in [0.05, 0.1) is 17.7 Å². The summed E-state index contributed by atoms with van der Waals surface area (Å²) in [6.45, 7) is 0. The number of rotatable bonds is 2. The van der Waals surface area contributed by atoms with Gasteiger partial charge in [-0.05, 0) is 24.1 Å². The highest BCUT2D eigenvalue weighted by molar-refractivity contribution is 8.03. The minimum Gasteiger partial charge on any atom is -0.466 e. The molecule has 1 heterocycles. The lowest BCUT2D eigenvalue weighted by molar-refractivity contribution is -0.136. The molecule has 17 heavy (non-hydrogen) atoms. The van der Waals surface area contributed by atoms with Gasteiger partial charge in [0.25, 0.3) is 0 Å². The first kappa shape index (κ1) is 12.0. The maximum Gasteiger partial charge on any atom is 0.336 e. The van der Waals surface area contributed by atoms with E-state index in [1.807, 2.05) is 0 Å². The number of benzene rings is 1. The molecule has 0 saturated heterocycles. The minimum atomic E-state index is -0.389. The predicted molar refractivity (Wildman–Crippen MR) is 64.6 cm³/mol. The van der Waals surface area contributed by atoms with Crippen LogP contribution in [0.5, 0.6) is 0 Å². The van der Waals surface area contributed by atoms with Crippen LogP contribution in [-0.2, 0) is 9.53 Å². The van der Waals surface area contributed by atoms with Crippen molar-refractivity contribution in [1.82, 2.24) is 0 Å². The highest BCUT2D eigenvalue weighted by Gasteiger charge is 2.29. The Balaban J connectivity index is 2.15. The Kier molecular flexibility index (Phi) is 3.38. The van der Waals surface area contributed by atoms with Crippen LogP contribution in [-0.4, -0.2) is 13.1 Å². The van der Waals surface area contributed by atoms with E-state index in [1.54, 1.807) is 12.1 Å². The number of carbonyl (C=O) groups is 1. The van der Waals surface area contributed by atoms with Crippen molar-refractivity contribution in [3.8, 4) is 0 Å². The van der Waals surface area contributed by atoms with Gasteiger partial charge >= 0.3 is 5.97 Å². The van der Waals surface area contributed by atoms with Crippen molar-refractivity contribution in [2.45, 2.75) is 11.7 Å². The SMILES string of the molecule is COC(=O)C1=C(N)SC(c2ccc(F)cc2)C1. The molecule has 0 radical (unpaired) electrons. The van der Waals surface area contributed by atoms with Gasteiger partial charge in [-0.15, -0.1) is 0 Å². The molecule has 0 spiro atoms. The number of hydrogen-bond donors (Lipinski definition) is 1. The van der Waals surface area contributed by atoms with Crippen molar-refractivity contribution in [1.29, 1.82) is 0 Å². The van der Waals surface area contributed by atoms with Crippen LogP contribution in [0, 0.1) is 5.82 Å². The maximum atomic E-state index is 12.8. The molecular formula is C12H12FNO2S. The van der Waals surface area contributed by atoms with E-state index in [4.69, 9.17) is 5.73 Å². The summed E-state index contributed by atoms with van der Waals surface area (Å²) in [5.41, 5.74) is 7.24. The van der Waals surface area contributed by atoms with Gasteiger partial charge in [-0.3, -0.25) is 0 Å². The second-order valence-corrected chi connectivity index (χ2v) is 4.94. The smallest absolute Gasteiger partial charge is 0.336 e. The Labute approximate surface area is 103 Å². The lowest BCUT2D eigenvalue weighted by Gasteiger charge is -2.09. The molecule has 1 unspecified atom stereocenters. The fourth-order valence-corrected chi connectivity index (χ4v) is 2.88. The van der Waals surface area contributed by atoms with Crippen LogP contribution < -0.4 is 5.73 Å². The van der Waals surface area contributed by atoms with Gasteiger partial charge < -0.3 is 10.5 Å². The molecule has 2 N–H and O–H groups in total. The van der Waals surface area contributed by atoms with E-state index >= 15 is 0 Å². The molecule has 1 aromatic rings. The Morgan fingerprint density at radius 1 is 1.47 bits per heavy atom. The third kappa shape index (κ3) is 2.44. The summed E-state index contributed by atoms with van der Waals surface area (Å²) in [6, 6.07) is 6.23. The molecule has 3 nitrogen and oxygen atoms in total. The van der Waals surface area contributed by atoms with Crippen LogP contribution in [0.1, 0.15) is 17.2 Å². The molecule has 0 fully saturated rings. The molecule has 0 aromatic heterocycles. The second-order valence-electron chi connectivity index (χ2n) is 3.70. The molecule has 5 heteroatoms. The lowest BCUT2D eigenvalue weighted by Crippen LogP contribution is -2.07. The van der Waals surface area contributed by atoms with Crippen molar-refractivity contribution >= 4 is 17.7 Å². The average molecular weight is 253 g/mol. The predicted octanol–water partition coefficient (Wildman–Crippen LogP) is 2.35. The topological polar surface area (TPSA) is 52.3 Å². The molecule has 90 valence electrons. The van der Waals surface area contributed by atoms with Gasteiger partial charge in [0.2, 0.25) is 0 Å². The quantitative estimate of drug-likeness (QED) is 0.822. The van der Waals surface area contributed by atoms with E-state index < -0.39 is 0 Å². The molecule has 0 amide bonds. The van der Waals surface area contributed by atoms with Gasteiger partial charge in [-0.1, -0.05) is 23.9 Å². The van der Waals surface area contributed by atoms with Gasteiger partial charge in [-0.25, -0.2) is 9.18 Å². The molecule has 1 atom stereocenters. The van der Waals surface area contributed by atoms with E-state index in [2.05, 4.69) is 4.74 Å². The van der Waals surface area contributed by atoms with Crippen molar-refractivity contribution < 1.29 is 13.9 Å². The summed E-state index contributed by atoms with van der Waals surface area (Å²) in [4.78, 5) is 11.4. The summed E-state index contributed by atoms with van der Waals surface area (Å²) in [5, 5.41) is 0.552. The molecule has 1 aliphatic rings. The molecule has 0 saturated carbocycles. The summed E-state index contributed by atoms with van der Waals surface area (Å²) in [6.07, 6.45) is 0.523. The van der Waals surface area contributed by atoms with E-state index in [0.717, 1.165) is 5.56 Å². The van der Waals surface area contributed by atoms with E-state index in [0.29, 0.717) is 17.0 Å². The van der Waals surface area contributed by atoms with E-state index in [9.17, 15) is 9.18 Å². The zero-order valence-corrected chi connectivity index (χ0v) is 10.1. The Morgan fingerprint density at radius 2 is 2.12 bits per heavy atom. The molecule has 0 bridgehead atoms. The minimum absolute atomic E-state index is 0.0599. The Bertz CT molecular complexity index is 470. The number of nitrogens with two attached hydrogens (primary N) is 1. The third-order valence-corrected chi connectivity index (χ3v) is 3.85. The second kappa shape index (κ2) is 4.79. The number of methoxy groups -OCH3 is 1. The number of hydrogen-bond acceptors (Lipinski definition) is 4. The summed E-state index contributed by atoms with van der Waals surface area (Å²) >= 11 is 1.41. The molecule has 1 aromatic carbocycles. The first-order valence-corrected chi connectivity index (χ1v) is 5.99. The Morgan fingerprint density at radius 3 is 2.71 bits per heavy atom. The Hall–Kier alpha value is -1.49. The largest absolute Gasteiger partial charge is 0.466 e. The van der Waals surface area contributed by atoms with Gasteiger partial charge in [0, 0.05) is 5.25 Å². The third-order valence-electron chi connectivity index (χ3n) is 2.63. The number of carbonyl (C=O) groups excluding carboxylic acids is 1. The van der Waals surface area contributed by atoms with Gasteiger partial charge in [-0.2, -0.15) is 0 Å². The molecule has 1 aliphatic heterocycles. The fraction of sp³-hybridized carbons (Fsp3) is 0.250. The van der Waals surface area contributed by atoms with Crippen molar-refractivity contribution in [2.75, 3.05) is 7.11 Å². The van der Waals surface area contributed by atoms with Gasteiger partial charge in [0.1, 0.15) is 5.82 Å². The fourth-order valence-electron chi connectivity index (χ4n) is 1.72. The normalized spacial score (nSPS) is 19.5. The van der Waals surface area contributed by atoms with Gasteiger partial charge in [0.15, 0.2) is 0 Å². The summed E-state index contributed by atoms with van der Waals surface area (Å²) < 4.78 is 17.5. The first-order chi connectivity index (χ1) is 8.11. The number of ether oxygens (including phenoxy) is 1. The molecular weight excluding hydrogens is 241 g/mol. The number of halogens is 1. The van der Waals surface area contributed by atoms with E-state index in [-0.39, 0.29) is 17.0 Å². The van der Waals surface area contributed by atoms with Crippen LogP contribution in [0.4, 0.5) is 4.39 Å². The average Bonchev–Trinajstić information content (AvgIpc) is 2.71. The van der Waals surface area contributed by atoms with Crippen LogP contribution in [0.15, 0.2) is 34.9 Å². The maximum absolute atomic E-state index is 12.8. The monoisotopic (exact) mass is 253 g/mol. The number of esters is 1. The summed E-state index contributed by atoms with van der Waals surface area (Å²) in [7, 11) is 1.33. The summed E-state index contributed by atoms with van der Waals surface area (Å²) in [5.74, 6) is -0.662. The lowest BCUT2D eigenvalue weighted by atomic mass is 10.1. The highest BCUT2D eigenvalue weighted by Crippen LogP contribution is 2.45. The van der Waals surface area contributed by atoms with E-state index in [1.165, 1.54) is 31.0 Å². The van der Waals surface area contributed by atoms with Crippen molar-refractivity contribution in [3.63, 3.8) is 0 Å². The molecule has 0 aliphatic carbocycles. The number of thioether (sulfide) groups is 1.